The van der Waals surface area contributed by atoms with Crippen molar-refractivity contribution in [3.05, 3.63) is 99.1 Å². The second-order valence-corrected chi connectivity index (χ2v) is 9.18. The van der Waals surface area contributed by atoms with Crippen molar-refractivity contribution in [1.29, 1.82) is 0 Å². The van der Waals surface area contributed by atoms with Gasteiger partial charge in [0.25, 0.3) is 0 Å². The summed E-state index contributed by atoms with van der Waals surface area (Å²) >= 11 is 2.35. The lowest BCUT2D eigenvalue weighted by Gasteiger charge is -2.18. The van der Waals surface area contributed by atoms with E-state index in [0.29, 0.717) is 19.6 Å². The molecule has 4 heteroatoms. The minimum atomic E-state index is 0.240. The third-order valence-corrected chi connectivity index (χ3v) is 6.57. The molecule has 0 radical (unpaired) electrons. The molecule has 4 rings (SSSR count). The normalized spacial score (nSPS) is 14.4. The molecule has 3 aromatic carbocycles. The van der Waals surface area contributed by atoms with Gasteiger partial charge in [0.15, 0.2) is 0 Å². The van der Waals surface area contributed by atoms with Crippen LogP contribution in [0.1, 0.15) is 42.9 Å². The average Bonchev–Trinajstić information content (AvgIpc) is 3.24. The number of allylic oxidation sites excluding steroid dienone is 1. The fourth-order valence-electron chi connectivity index (χ4n) is 4.23. The maximum Gasteiger partial charge on any atom is 0.222 e. The van der Waals surface area contributed by atoms with Crippen LogP contribution in [0.15, 0.2) is 78.9 Å². The van der Waals surface area contributed by atoms with Crippen LogP contribution in [0.3, 0.4) is 0 Å². The highest BCUT2D eigenvalue weighted by Gasteiger charge is 2.19. The monoisotopic (exact) mass is 537 g/mol. The van der Waals surface area contributed by atoms with Crippen molar-refractivity contribution in [2.75, 3.05) is 19.7 Å². The van der Waals surface area contributed by atoms with Crippen LogP contribution in [0.5, 0.6) is 5.75 Å². The summed E-state index contributed by atoms with van der Waals surface area (Å²) in [5.41, 5.74) is 6.22. The summed E-state index contributed by atoms with van der Waals surface area (Å²) < 4.78 is 7.16. The van der Waals surface area contributed by atoms with Crippen molar-refractivity contribution in [3.63, 3.8) is 0 Å². The predicted octanol–water partition coefficient (Wildman–Crippen LogP) is 6.66. The Hall–Kier alpha value is -2.60. The fourth-order valence-corrected chi connectivity index (χ4v) is 4.59. The van der Waals surface area contributed by atoms with E-state index in [0.717, 1.165) is 25.1 Å². The molecule has 1 heterocycles. The number of hydrogen-bond donors (Lipinski definition) is 0. The second-order valence-electron chi connectivity index (χ2n) is 7.94. The quantitative estimate of drug-likeness (QED) is 0.238. The summed E-state index contributed by atoms with van der Waals surface area (Å²) in [6.07, 6.45) is 2.57. The average molecular weight is 537 g/mol. The van der Waals surface area contributed by atoms with Crippen molar-refractivity contribution in [1.82, 2.24) is 4.90 Å². The van der Waals surface area contributed by atoms with E-state index in [1.54, 1.807) is 0 Å². The minimum absolute atomic E-state index is 0.240. The molecule has 0 unspecified atom stereocenters. The molecule has 0 atom stereocenters. The second kappa shape index (κ2) is 10.8. The van der Waals surface area contributed by atoms with E-state index in [4.69, 9.17) is 4.74 Å². The molecular formula is C28H28INO2. The van der Waals surface area contributed by atoms with Gasteiger partial charge in [-0.05, 0) is 87.5 Å². The zero-order valence-corrected chi connectivity index (χ0v) is 20.5. The molecule has 1 aliphatic rings. The molecule has 0 saturated carbocycles. The van der Waals surface area contributed by atoms with E-state index in [9.17, 15) is 4.79 Å². The zero-order valence-electron chi connectivity index (χ0n) is 18.4. The number of benzene rings is 3. The highest BCUT2D eigenvalue weighted by atomic mass is 127. The molecule has 1 fully saturated rings. The van der Waals surface area contributed by atoms with Gasteiger partial charge >= 0.3 is 0 Å². The first kappa shape index (κ1) is 22.6. The van der Waals surface area contributed by atoms with Crippen LogP contribution in [0.25, 0.3) is 11.1 Å². The minimum Gasteiger partial charge on any atom is -0.492 e. The largest absolute Gasteiger partial charge is 0.492 e. The van der Waals surface area contributed by atoms with Crippen molar-refractivity contribution < 1.29 is 9.53 Å². The molecule has 32 heavy (non-hydrogen) atoms. The van der Waals surface area contributed by atoms with Gasteiger partial charge in [-0.3, -0.25) is 4.79 Å². The number of carbonyl (C=O) groups is 1. The Morgan fingerprint density at radius 1 is 0.906 bits per heavy atom. The van der Waals surface area contributed by atoms with Crippen LogP contribution in [0.4, 0.5) is 0 Å². The Bertz CT molecular complexity index is 1070. The van der Waals surface area contributed by atoms with Crippen LogP contribution in [-0.2, 0) is 4.79 Å². The molecule has 0 N–H and O–H groups in total. The first-order valence-electron chi connectivity index (χ1n) is 11.2. The summed E-state index contributed by atoms with van der Waals surface area (Å²) in [5.74, 6) is 1.07. The van der Waals surface area contributed by atoms with Crippen LogP contribution < -0.4 is 4.74 Å². The zero-order chi connectivity index (χ0) is 22.3. The van der Waals surface area contributed by atoms with E-state index < -0.39 is 0 Å². The predicted molar refractivity (Wildman–Crippen MR) is 140 cm³/mol. The van der Waals surface area contributed by atoms with E-state index in [-0.39, 0.29) is 5.91 Å². The first-order chi connectivity index (χ1) is 15.7. The lowest BCUT2D eigenvalue weighted by atomic mass is 9.88. The summed E-state index contributed by atoms with van der Waals surface area (Å²) in [6.45, 7) is 4.24. The van der Waals surface area contributed by atoms with E-state index in [1.807, 2.05) is 17.0 Å². The van der Waals surface area contributed by atoms with Gasteiger partial charge in [0.1, 0.15) is 12.4 Å². The van der Waals surface area contributed by atoms with Crippen molar-refractivity contribution in [2.45, 2.75) is 26.2 Å². The molecule has 0 bridgehead atoms. The van der Waals surface area contributed by atoms with Gasteiger partial charge < -0.3 is 9.64 Å². The van der Waals surface area contributed by atoms with Crippen molar-refractivity contribution in [2.24, 2.45) is 0 Å². The molecule has 3 nitrogen and oxygen atoms in total. The van der Waals surface area contributed by atoms with E-state index in [2.05, 4.69) is 96.2 Å². The molecule has 3 aromatic rings. The van der Waals surface area contributed by atoms with Crippen LogP contribution in [0, 0.1) is 3.57 Å². The summed E-state index contributed by atoms with van der Waals surface area (Å²) in [5, 5.41) is 0. The van der Waals surface area contributed by atoms with Crippen molar-refractivity contribution >= 4 is 39.6 Å². The van der Waals surface area contributed by atoms with Gasteiger partial charge in [0.05, 0.1) is 6.54 Å². The third-order valence-electron chi connectivity index (χ3n) is 5.85. The standard InChI is InChI=1S/C28H28INO2/c1-2-26(21-7-4-3-5-8-21)28(22-10-14-24(29)15-11-22)23-12-16-25(17-13-23)32-20-19-30-18-6-9-27(30)31/h3-5,7-8,10-17H,2,6,9,18-20H2,1H3/b28-26-. The maximum absolute atomic E-state index is 11.8. The number of carbonyl (C=O) groups excluding carboxylic acids is 1. The van der Waals surface area contributed by atoms with Gasteiger partial charge in [-0.15, -0.1) is 0 Å². The topological polar surface area (TPSA) is 29.5 Å². The van der Waals surface area contributed by atoms with Crippen molar-refractivity contribution in [3.8, 4) is 5.75 Å². The van der Waals surface area contributed by atoms with Crippen LogP contribution in [0.2, 0.25) is 0 Å². The molecule has 0 spiro atoms. The molecule has 1 saturated heterocycles. The SMILES string of the molecule is CC/C(=C(\c1ccc(I)cc1)c1ccc(OCCN2CCCC2=O)cc1)c1ccccc1. The van der Waals surface area contributed by atoms with E-state index >= 15 is 0 Å². The smallest absolute Gasteiger partial charge is 0.222 e. The lowest BCUT2D eigenvalue weighted by molar-refractivity contribution is -0.128. The van der Waals surface area contributed by atoms with Gasteiger partial charge in [-0.2, -0.15) is 0 Å². The number of ether oxygens (including phenoxy) is 1. The Morgan fingerprint density at radius 2 is 1.56 bits per heavy atom. The summed E-state index contributed by atoms with van der Waals surface area (Å²) in [7, 11) is 0. The molecule has 1 aliphatic heterocycles. The summed E-state index contributed by atoms with van der Waals surface area (Å²) in [4.78, 5) is 13.7. The third kappa shape index (κ3) is 5.41. The number of rotatable bonds is 8. The first-order valence-corrected chi connectivity index (χ1v) is 12.3. The summed E-state index contributed by atoms with van der Waals surface area (Å²) in [6, 6.07) is 27.7. The lowest BCUT2D eigenvalue weighted by Crippen LogP contribution is -2.29. The number of amides is 1. The Kier molecular flexibility index (Phi) is 7.63. The Morgan fingerprint density at radius 3 is 2.16 bits per heavy atom. The number of halogens is 1. The molecule has 164 valence electrons. The van der Waals surface area contributed by atoms with Gasteiger partial charge in [0, 0.05) is 16.5 Å². The van der Waals surface area contributed by atoms with Gasteiger partial charge in [-0.1, -0.05) is 61.5 Å². The van der Waals surface area contributed by atoms with Crippen LogP contribution >= 0.6 is 22.6 Å². The highest BCUT2D eigenvalue weighted by Crippen LogP contribution is 2.35. The maximum atomic E-state index is 11.8. The van der Waals surface area contributed by atoms with E-state index in [1.165, 1.54) is 31.4 Å². The Balaban J connectivity index is 1.60. The number of hydrogen-bond acceptors (Lipinski definition) is 2. The number of likely N-dealkylation sites (tertiary alicyclic amines) is 1. The molecule has 0 aromatic heterocycles. The molecule has 1 amide bonds. The molecule has 0 aliphatic carbocycles. The Labute approximate surface area is 204 Å². The fraction of sp³-hybridized carbons (Fsp3) is 0.250. The van der Waals surface area contributed by atoms with Gasteiger partial charge in [-0.25, -0.2) is 0 Å². The van der Waals surface area contributed by atoms with Crippen LogP contribution in [-0.4, -0.2) is 30.5 Å². The molecular weight excluding hydrogens is 509 g/mol. The number of nitrogens with zero attached hydrogens (tertiary/aromatic N) is 1. The highest BCUT2D eigenvalue weighted by molar-refractivity contribution is 14.1. The van der Waals surface area contributed by atoms with Gasteiger partial charge in [0.2, 0.25) is 5.91 Å².